The lowest BCUT2D eigenvalue weighted by Gasteiger charge is -2.05. The normalized spacial score (nSPS) is 10.1. The fraction of sp³-hybridized carbons (Fsp3) is 0. The van der Waals surface area contributed by atoms with Crippen LogP contribution in [0.1, 0.15) is 0 Å². The summed E-state index contributed by atoms with van der Waals surface area (Å²) in [5, 5.41) is 0. The van der Waals surface area contributed by atoms with Crippen LogP contribution in [-0.4, -0.2) is 7.28 Å². The molecule has 0 aliphatic carbocycles. The van der Waals surface area contributed by atoms with Crippen molar-refractivity contribution >= 4 is 18.2 Å². The van der Waals surface area contributed by atoms with Crippen molar-refractivity contribution in [2.45, 2.75) is 0 Å². The van der Waals surface area contributed by atoms with E-state index in [1.807, 2.05) is 12.1 Å². The van der Waals surface area contributed by atoms with Gasteiger partial charge in [-0.05, 0) is 11.1 Å². The minimum Gasteiger partial charge on any atom is -0.0814 e. The van der Waals surface area contributed by atoms with Gasteiger partial charge in [-0.3, -0.25) is 0 Å². The van der Waals surface area contributed by atoms with Crippen molar-refractivity contribution in [3.63, 3.8) is 0 Å². The van der Waals surface area contributed by atoms with Crippen LogP contribution in [0.2, 0.25) is 0 Å². The van der Waals surface area contributed by atoms with Gasteiger partial charge in [-0.2, -0.15) is 0 Å². The molecule has 0 unspecified atom stereocenters. The fourth-order valence-electron chi connectivity index (χ4n) is 2.18. The molecule has 0 heterocycles. The molecule has 0 fully saturated rings. The van der Waals surface area contributed by atoms with Crippen LogP contribution in [-0.2, 0) is 0 Å². The average molecular weight is 241 g/mol. The Labute approximate surface area is 115 Å². The van der Waals surface area contributed by atoms with Crippen molar-refractivity contribution in [1.29, 1.82) is 0 Å². The first-order valence-electron chi connectivity index (χ1n) is 6.47. The Morgan fingerprint density at radius 2 is 1.05 bits per heavy atom. The highest BCUT2D eigenvalue weighted by molar-refractivity contribution is 6.67. The van der Waals surface area contributed by atoms with E-state index in [9.17, 15) is 0 Å². The summed E-state index contributed by atoms with van der Waals surface area (Å²) in [6, 6.07) is 29.5. The van der Waals surface area contributed by atoms with E-state index in [0.29, 0.717) is 0 Å². The lowest BCUT2D eigenvalue weighted by atomic mass is 9.64. The van der Waals surface area contributed by atoms with E-state index in [0.717, 1.165) is 0 Å². The van der Waals surface area contributed by atoms with Gasteiger partial charge in [0.15, 0.2) is 7.28 Å². The maximum Gasteiger partial charge on any atom is 0.191 e. The van der Waals surface area contributed by atoms with Crippen molar-refractivity contribution in [3.05, 3.63) is 84.9 Å². The van der Waals surface area contributed by atoms with Gasteiger partial charge in [0.2, 0.25) is 0 Å². The van der Waals surface area contributed by atoms with Crippen LogP contribution < -0.4 is 10.9 Å². The second kappa shape index (κ2) is 5.58. The van der Waals surface area contributed by atoms with Gasteiger partial charge in [0.1, 0.15) is 0 Å². The summed E-state index contributed by atoms with van der Waals surface area (Å²) in [6.45, 7) is 0. The summed E-state index contributed by atoms with van der Waals surface area (Å²) in [5.41, 5.74) is 4.97. The Kier molecular flexibility index (Phi) is 3.46. The molecule has 89 valence electrons. The zero-order valence-corrected chi connectivity index (χ0v) is 10.7. The number of rotatable bonds is 3. The molecule has 0 aromatic heterocycles. The van der Waals surface area contributed by atoms with E-state index in [2.05, 4.69) is 80.1 Å². The van der Waals surface area contributed by atoms with Crippen LogP contribution in [0.15, 0.2) is 84.9 Å². The first-order chi connectivity index (χ1) is 9.42. The SMILES string of the molecule is [B](c1ccccc1)c1cccc(-c2ccccc2)c1. The Hall–Kier alpha value is -2.28. The van der Waals surface area contributed by atoms with Crippen LogP contribution in [0.25, 0.3) is 11.1 Å². The van der Waals surface area contributed by atoms with Crippen LogP contribution in [0, 0.1) is 0 Å². The van der Waals surface area contributed by atoms with Crippen LogP contribution in [0.4, 0.5) is 0 Å². The molecule has 0 saturated heterocycles. The summed E-state index contributed by atoms with van der Waals surface area (Å²) < 4.78 is 0. The minimum absolute atomic E-state index is 1.23. The van der Waals surface area contributed by atoms with Gasteiger partial charge in [-0.1, -0.05) is 95.9 Å². The third-order valence-electron chi connectivity index (χ3n) is 3.13. The maximum atomic E-state index is 2.22. The molecule has 1 heteroatoms. The molecule has 0 spiro atoms. The fourth-order valence-corrected chi connectivity index (χ4v) is 2.18. The molecule has 0 amide bonds. The van der Waals surface area contributed by atoms with E-state index in [-0.39, 0.29) is 0 Å². The van der Waals surface area contributed by atoms with E-state index in [4.69, 9.17) is 0 Å². The van der Waals surface area contributed by atoms with Gasteiger partial charge < -0.3 is 0 Å². The monoisotopic (exact) mass is 241 g/mol. The molecule has 3 aromatic rings. The topological polar surface area (TPSA) is 0 Å². The van der Waals surface area contributed by atoms with Crippen molar-refractivity contribution in [1.82, 2.24) is 0 Å². The van der Waals surface area contributed by atoms with Gasteiger partial charge in [0.25, 0.3) is 0 Å². The largest absolute Gasteiger partial charge is 0.191 e. The maximum absolute atomic E-state index is 2.22. The molecule has 0 aliphatic heterocycles. The van der Waals surface area contributed by atoms with Crippen LogP contribution >= 0.6 is 0 Å². The first kappa shape index (κ1) is 11.8. The second-order valence-electron chi connectivity index (χ2n) is 4.55. The molecule has 3 rings (SSSR count). The molecule has 1 radical (unpaired) electrons. The highest BCUT2D eigenvalue weighted by Gasteiger charge is 2.01. The second-order valence-corrected chi connectivity index (χ2v) is 4.55. The third-order valence-corrected chi connectivity index (χ3v) is 3.13. The lowest BCUT2D eigenvalue weighted by molar-refractivity contribution is 1.64. The average Bonchev–Trinajstić information content (AvgIpc) is 2.49. The van der Waals surface area contributed by atoms with Crippen molar-refractivity contribution in [2.75, 3.05) is 0 Å². The van der Waals surface area contributed by atoms with E-state index in [1.54, 1.807) is 0 Å². The molecule has 0 nitrogen and oxygen atoms in total. The zero-order chi connectivity index (χ0) is 12.9. The minimum atomic E-state index is 1.23. The molecular weight excluding hydrogens is 227 g/mol. The summed E-state index contributed by atoms with van der Waals surface area (Å²) in [5.74, 6) is 0. The first-order valence-corrected chi connectivity index (χ1v) is 6.47. The molecular formula is C18H14B. The Bertz CT molecular complexity index is 645. The summed E-state index contributed by atoms with van der Waals surface area (Å²) in [4.78, 5) is 0. The number of hydrogen-bond donors (Lipinski definition) is 0. The summed E-state index contributed by atoms with van der Waals surface area (Å²) in [6.07, 6.45) is 0. The van der Waals surface area contributed by atoms with E-state index >= 15 is 0 Å². The van der Waals surface area contributed by atoms with E-state index in [1.165, 1.54) is 22.1 Å². The molecule has 19 heavy (non-hydrogen) atoms. The molecule has 0 atom stereocenters. The molecule has 0 bridgehead atoms. The Morgan fingerprint density at radius 3 is 1.79 bits per heavy atom. The summed E-state index contributed by atoms with van der Waals surface area (Å²) in [7, 11) is 2.20. The Morgan fingerprint density at radius 1 is 0.474 bits per heavy atom. The zero-order valence-electron chi connectivity index (χ0n) is 10.7. The highest BCUT2D eigenvalue weighted by Crippen LogP contribution is 2.16. The molecule has 0 saturated carbocycles. The highest BCUT2D eigenvalue weighted by atomic mass is 14.0. The lowest BCUT2D eigenvalue weighted by Crippen LogP contribution is -2.26. The van der Waals surface area contributed by atoms with Crippen molar-refractivity contribution < 1.29 is 0 Å². The van der Waals surface area contributed by atoms with Gasteiger partial charge in [0, 0.05) is 0 Å². The van der Waals surface area contributed by atoms with Crippen molar-refractivity contribution in [3.8, 4) is 11.1 Å². The van der Waals surface area contributed by atoms with Gasteiger partial charge in [0.05, 0.1) is 0 Å². The molecule has 0 aliphatic rings. The van der Waals surface area contributed by atoms with Gasteiger partial charge in [-0.25, -0.2) is 0 Å². The number of hydrogen-bond acceptors (Lipinski definition) is 0. The standard InChI is InChI=1S/C18H14B/c1-3-8-15(9-4-1)16-10-7-13-18(14-16)19-17-11-5-2-6-12-17/h1-14H. The van der Waals surface area contributed by atoms with Crippen LogP contribution in [0.5, 0.6) is 0 Å². The molecule has 3 aromatic carbocycles. The van der Waals surface area contributed by atoms with E-state index < -0.39 is 0 Å². The van der Waals surface area contributed by atoms with Crippen molar-refractivity contribution in [2.24, 2.45) is 0 Å². The predicted octanol–water partition coefficient (Wildman–Crippen LogP) is 3.01. The van der Waals surface area contributed by atoms with Gasteiger partial charge in [-0.15, -0.1) is 0 Å². The quantitative estimate of drug-likeness (QED) is 0.618. The predicted molar refractivity (Wildman–Crippen MR) is 83.3 cm³/mol. The number of benzene rings is 3. The third kappa shape index (κ3) is 2.94. The smallest absolute Gasteiger partial charge is 0.0814 e. The Balaban J connectivity index is 1.89. The van der Waals surface area contributed by atoms with Gasteiger partial charge >= 0.3 is 0 Å². The molecule has 0 N–H and O–H groups in total. The summed E-state index contributed by atoms with van der Waals surface area (Å²) >= 11 is 0. The van der Waals surface area contributed by atoms with Crippen LogP contribution in [0.3, 0.4) is 0 Å².